The van der Waals surface area contributed by atoms with E-state index in [1.807, 2.05) is 48.5 Å². The summed E-state index contributed by atoms with van der Waals surface area (Å²) in [5.41, 5.74) is 2.68. The van der Waals surface area contributed by atoms with Gasteiger partial charge in [-0.2, -0.15) is 0 Å². The van der Waals surface area contributed by atoms with E-state index < -0.39 is 5.63 Å². The second-order valence-electron chi connectivity index (χ2n) is 6.81. The molecule has 8 heteroatoms. The van der Waals surface area contributed by atoms with Gasteiger partial charge in [-0.15, -0.1) is 0 Å². The van der Waals surface area contributed by atoms with Crippen molar-refractivity contribution in [3.05, 3.63) is 75.2 Å². The van der Waals surface area contributed by atoms with Crippen LogP contribution < -0.4 is 15.0 Å². The fourth-order valence-corrected chi connectivity index (χ4v) is 4.02. The van der Waals surface area contributed by atoms with Crippen LogP contribution in [-0.4, -0.2) is 42.1 Å². The van der Waals surface area contributed by atoms with Crippen LogP contribution in [0.1, 0.15) is 17.3 Å². The Morgan fingerprint density at radius 2 is 1.93 bits per heavy atom. The van der Waals surface area contributed by atoms with Crippen molar-refractivity contribution in [3.63, 3.8) is 0 Å². The summed E-state index contributed by atoms with van der Waals surface area (Å²) in [6, 6.07) is 15.5. The van der Waals surface area contributed by atoms with Crippen molar-refractivity contribution in [2.75, 3.05) is 20.2 Å². The number of nitrogens with zero attached hydrogens (tertiary/aromatic N) is 3. The summed E-state index contributed by atoms with van der Waals surface area (Å²) in [4.78, 5) is 19.5. The third-order valence-corrected chi connectivity index (χ3v) is 5.53. The largest absolute Gasteiger partial charge is 0.497 e. The summed E-state index contributed by atoms with van der Waals surface area (Å²) in [6.07, 6.45) is 0. The molecule has 0 spiro atoms. The van der Waals surface area contributed by atoms with E-state index in [9.17, 15) is 4.79 Å². The molecule has 3 unspecified atom stereocenters. The Morgan fingerprint density at radius 1 is 1.18 bits per heavy atom. The van der Waals surface area contributed by atoms with E-state index in [-0.39, 0.29) is 12.1 Å². The fraction of sp³-hybridized carbons (Fsp3) is 0.250. The maximum Gasteiger partial charge on any atom is 0.437 e. The zero-order chi connectivity index (χ0) is 19.3. The normalized spacial score (nSPS) is 23.1. The molecule has 142 valence electrons. The first-order valence-corrected chi connectivity index (χ1v) is 9.39. The Balaban J connectivity index is 1.53. The van der Waals surface area contributed by atoms with Crippen LogP contribution in [-0.2, 0) is 0 Å². The minimum Gasteiger partial charge on any atom is -0.497 e. The van der Waals surface area contributed by atoms with Gasteiger partial charge < -0.3 is 4.74 Å². The molecule has 1 N–H and O–H groups in total. The van der Waals surface area contributed by atoms with Crippen LogP contribution >= 0.6 is 11.6 Å². The van der Waals surface area contributed by atoms with Gasteiger partial charge in [-0.3, -0.25) is 14.4 Å². The summed E-state index contributed by atoms with van der Waals surface area (Å²) in [5.74, 6) is 0.739. The van der Waals surface area contributed by atoms with Crippen molar-refractivity contribution in [2.45, 2.75) is 12.1 Å². The van der Waals surface area contributed by atoms with Crippen LogP contribution in [0.5, 0.6) is 5.75 Å². The number of aromatic nitrogens is 2. The van der Waals surface area contributed by atoms with Crippen LogP contribution in [0.25, 0.3) is 5.69 Å². The van der Waals surface area contributed by atoms with Gasteiger partial charge in [0.25, 0.3) is 0 Å². The minimum atomic E-state index is -0.432. The molecule has 0 saturated carbocycles. The number of halogens is 1. The number of hydrogen-bond donors (Lipinski definition) is 1. The number of hydrogen-bond acceptors (Lipinski definition) is 5. The van der Waals surface area contributed by atoms with Gasteiger partial charge in [-0.25, -0.2) is 4.79 Å². The SMILES string of the molecule is COc1ccc(-[n+]2[nH]oc(=O)c2C2=NCCN3C2C3c2ccc(Cl)cc2)cc1. The van der Waals surface area contributed by atoms with E-state index in [4.69, 9.17) is 25.9 Å². The quantitative estimate of drug-likeness (QED) is 0.540. The summed E-state index contributed by atoms with van der Waals surface area (Å²) >= 11 is 6.02. The van der Waals surface area contributed by atoms with Crippen molar-refractivity contribution in [2.24, 2.45) is 4.99 Å². The standard InChI is InChI=1S/C20H17ClN4O3/c1-27-15-8-6-14(7-9-15)25-19(20(26)28-23-25)16-18-17(24(18)11-10-22-16)12-2-4-13(21)5-3-12/h2-9,17-18H,10-11H2,1H3/p+1. The van der Waals surface area contributed by atoms with Gasteiger partial charge in [0.05, 0.1) is 25.7 Å². The number of nitrogens with one attached hydrogen (secondary N) is 1. The van der Waals surface area contributed by atoms with E-state index in [0.717, 1.165) is 23.7 Å². The van der Waals surface area contributed by atoms with Crippen molar-refractivity contribution >= 4 is 17.3 Å². The van der Waals surface area contributed by atoms with Crippen LogP contribution in [0.15, 0.2) is 62.8 Å². The first kappa shape index (κ1) is 17.2. The molecule has 7 nitrogen and oxygen atoms in total. The number of fused-ring (bicyclic) bond motifs is 1. The lowest BCUT2D eigenvalue weighted by Crippen LogP contribution is -2.44. The molecule has 0 amide bonds. The molecular formula is C20H18ClN4O3+. The van der Waals surface area contributed by atoms with E-state index in [1.165, 1.54) is 5.56 Å². The molecule has 3 atom stereocenters. The number of H-pyrrole nitrogens is 1. The number of benzene rings is 2. The molecule has 2 aliphatic heterocycles. The Hall–Kier alpha value is -2.90. The average Bonchev–Trinajstić information content (AvgIpc) is 3.35. The Labute approximate surface area is 165 Å². The molecule has 5 rings (SSSR count). The molecule has 0 bridgehead atoms. The summed E-state index contributed by atoms with van der Waals surface area (Å²) in [6.45, 7) is 1.50. The Morgan fingerprint density at radius 3 is 2.64 bits per heavy atom. The number of aliphatic imine (C=N–C) groups is 1. The molecule has 1 saturated heterocycles. The lowest BCUT2D eigenvalue weighted by Gasteiger charge is -2.07. The van der Waals surface area contributed by atoms with Gasteiger partial charge in [-0.05, 0) is 39.8 Å². The second-order valence-corrected chi connectivity index (χ2v) is 7.25. The van der Waals surface area contributed by atoms with E-state index in [0.29, 0.717) is 17.3 Å². The summed E-state index contributed by atoms with van der Waals surface area (Å²) in [7, 11) is 1.61. The number of aromatic amines is 1. The molecular weight excluding hydrogens is 380 g/mol. The molecule has 3 aromatic rings. The number of rotatable bonds is 4. The molecule has 1 aromatic heterocycles. The molecule has 1 fully saturated rings. The lowest BCUT2D eigenvalue weighted by atomic mass is 10.1. The van der Waals surface area contributed by atoms with E-state index >= 15 is 0 Å². The van der Waals surface area contributed by atoms with Gasteiger partial charge in [0.2, 0.25) is 5.69 Å². The van der Waals surface area contributed by atoms with Gasteiger partial charge >= 0.3 is 11.3 Å². The monoisotopic (exact) mass is 397 g/mol. The zero-order valence-corrected chi connectivity index (χ0v) is 15.9. The van der Waals surface area contributed by atoms with Gasteiger partial charge in [0.1, 0.15) is 11.5 Å². The van der Waals surface area contributed by atoms with Crippen molar-refractivity contribution < 1.29 is 13.9 Å². The molecule has 0 radical (unpaired) electrons. The van der Waals surface area contributed by atoms with E-state index in [1.54, 1.807) is 11.8 Å². The molecule has 2 aliphatic rings. The van der Waals surface area contributed by atoms with Crippen molar-refractivity contribution in [1.29, 1.82) is 0 Å². The van der Waals surface area contributed by atoms with Crippen LogP contribution in [0, 0.1) is 0 Å². The second kappa shape index (κ2) is 6.61. The van der Waals surface area contributed by atoms with E-state index in [2.05, 4.69) is 10.2 Å². The van der Waals surface area contributed by atoms with Gasteiger partial charge in [0, 0.05) is 23.7 Å². The maximum atomic E-state index is 12.5. The van der Waals surface area contributed by atoms with Crippen LogP contribution in [0.4, 0.5) is 0 Å². The first-order valence-electron chi connectivity index (χ1n) is 9.01. The third kappa shape index (κ3) is 2.75. The van der Waals surface area contributed by atoms with Crippen LogP contribution in [0.2, 0.25) is 5.02 Å². The third-order valence-electron chi connectivity index (χ3n) is 5.28. The molecule has 2 aromatic carbocycles. The molecule has 3 heterocycles. The highest BCUT2D eigenvalue weighted by molar-refractivity contribution is 6.30. The first-order chi connectivity index (χ1) is 13.7. The summed E-state index contributed by atoms with van der Waals surface area (Å²) in [5, 5.41) is 3.41. The summed E-state index contributed by atoms with van der Waals surface area (Å²) < 4.78 is 12.0. The predicted molar refractivity (Wildman–Crippen MR) is 104 cm³/mol. The van der Waals surface area contributed by atoms with Crippen LogP contribution in [0.3, 0.4) is 0 Å². The number of methoxy groups -OCH3 is 1. The fourth-order valence-electron chi connectivity index (χ4n) is 3.89. The topological polar surface area (TPSA) is 74.5 Å². The maximum absolute atomic E-state index is 12.5. The number of ether oxygens (including phenoxy) is 1. The Kier molecular flexibility index (Phi) is 4.07. The van der Waals surface area contributed by atoms with Crippen molar-refractivity contribution in [3.8, 4) is 11.4 Å². The minimum absolute atomic E-state index is 0.0538. The predicted octanol–water partition coefficient (Wildman–Crippen LogP) is 2.13. The molecule has 0 aliphatic carbocycles. The highest BCUT2D eigenvalue weighted by Crippen LogP contribution is 2.46. The van der Waals surface area contributed by atoms with Gasteiger partial charge in [-0.1, -0.05) is 23.7 Å². The smallest absolute Gasteiger partial charge is 0.437 e. The average molecular weight is 398 g/mol. The van der Waals surface area contributed by atoms with Crippen molar-refractivity contribution in [1.82, 2.24) is 10.2 Å². The highest BCUT2D eigenvalue weighted by Gasteiger charge is 2.56. The molecule has 28 heavy (non-hydrogen) atoms. The Bertz CT molecular complexity index is 1100. The zero-order valence-electron chi connectivity index (χ0n) is 15.1. The van der Waals surface area contributed by atoms with Gasteiger partial charge in [0.15, 0.2) is 0 Å². The highest BCUT2D eigenvalue weighted by atomic mass is 35.5. The lowest BCUT2D eigenvalue weighted by molar-refractivity contribution is -0.671.